The van der Waals surface area contributed by atoms with Gasteiger partial charge < -0.3 is 15.7 Å². The lowest BCUT2D eigenvalue weighted by atomic mass is 10.1. The van der Waals surface area contributed by atoms with Crippen LogP contribution in [-0.4, -0.2) is 34.0 Å². The number of carboxylic acid groups (broad SMARTS) is 1. The van der Waals surface area contributed by atoms with Crippen molar-refractivity contribution in [1.29, 1.82) is 0 Å². The van der Waals surface area contributed by atoms with Crippen molar-refractivity contribution in [3.8, 4) is 0 Å². The number of aliphatic carboxylic acids is 1. The Morgan fingerprint density at radius 1 is 1.25 bits per heavy atom. The second-order valence-corrected chi connectivity index (χ2v) is 5.08. The highest BCUT2D eigenvalue weighted by atomic mass is 16.4. The number of carbonyl (C=O) groups is 2. The number of nitrogens with two attached hydrogens (primary N) is 1. The number of hydrogen-bond acceptors (Lipinski definition) is 3. The summed E-state index contributed by atoms with van der Waals surface area (Å²) in [5.74, 6) is -1.14. The first-order chi connectivity index (χ1) is 9.41. The molecule has 110 valence electrons. The third-order valence-electron chi connectivity index (χ3n) is 3.09. The molecule has 1 atom stereocenters. The number of carboxylic acids is 1. The number of carbonyl (C=O) groups excluding carboxylic acids is 1. The second kappa shape index (κ2) is 7.65. The first-order valence-electron chi connectivity index (χ1n) is 6.73. The minimum Gasteiger partial charge on any atom is -0.481 e. The maximum Gasteiger partial charge on any atom is 0.303 e. The summed E-state index contributed by atoms with van der Waals surface area (Å²) < 4.78 is 0. The fourth-order valence-electron chi connectivity index (χ4n) is 1.91. The van der Waals surface area contributed by atoms with Crippen molar-refractivity contribution in [2.75, 3.05) is 0 Å². The molecule has 0 heterocycles. The van der Waals surface area contributed by atoms with Crippen LogP contribution in [0, 0.1) is 0 Å². The third-order valence-corrected chi connectivity index (χ3v) is 3.09. The molecule has 1 rings (SSSR count). The van der Waals surface area contributed by atoms with Crippen LogP contribution < -0.4 is 5.73 Å². The lowest BCUT2D eigenvalue weighted by Crippen LogP contribution is -2.46. The van der Waals surface area contributed by atoms with E-state index in [0.29, 0.717) is 6.54 Å². The molecule has 0 aliphatic rings. The fraction of sp³-hybridized carbons (Fsp3) is 0.467. The Morgan fingerprint density at radius 3 is 2.35 bits per heavy atom. The Labute approximate surface area is 119 Å². The predicted octanol–water partition coefficient (Wildman–Crippen LogP) is 1.62. The van der Waals surface area contributed by atoms with Gasteiger partial charge in [-0.2, -0.15) is 0 Å². The Balaban J connectivity index is 2.70. The molecule has 0 bridgehead atoms. The van der Waals surface area contributed by atoms with Gasteiger partial charge in [0.05, 0.1) is 6.04 Å². The Hall–Kier alpha value is -1.88. The summed E-state index contributed by atoms with van der Waals surface area (Å²) in [5.41, 5.74) is 6.83. The molecule has 20 heavy (non-hydrogen) atoms. The molecular formula is C15H22N2O3. The van der Waals surface area contributed by atoms with E-state index in [1.165, 1.54) is 0 Å². The molecule has 0 aliphatic heterocycles. The number of amides is 1. The molecule has 0 aromatic heterocycles. The minimum atomic E-state index is -0.938. The smallest absolute Gasteiger partial charge is 0.303 e. The highest BCUT2D eigenvalue weighted by Crippen LogP contribution is 2.11. The Bertz CT molecular complexity index is 446. The monoisotopic (exact) mass is 278 g/mol. The summed E-state index contributed by atoms with van der Waals surface area (Å²) in [6, 6.07) is 8.90. The van der Waals surface area contributed by atoms with Crippen molar-refractivity contribution in [2.24, 2.45) is 5.73 Å². The molecule has 5 nitrogen and oxygen atoms in total. The van der Waals surface area contributed by atoms with Crippen LogP contribution in [0.1, 0.15) is 32.3 Å². The minimum absolute atomic E-state index is 0.0126. The quantitative estimate of drug-likeness (QED) is 0.793. The fourth-order valence-corrected chi connectivity index (χ4v) is 1.91. The van der Waals surface area contributed by atoms with Crippen molar-refractivity contribution in [1.82, 2.24) is 4.90 Å². The van der Waals surface area contributed by atoms with Gasteiger partial charge in [-0.1, -0.05) is 30.3 Å². The largest absolute Gasteiger partial charge is 0.481 e. The summed E-state index contributed by atoms with van der Waals surface area (Å²) in [6.45, 7) is 4.33. The van der Waals surface area contributed by atoms with Crippen LogP contribution in [0.25, 0.3) is 0 Å². The molecule has 0 saturated heterocycles. The molecule has 0 fully saturated rings. The number of benzene rings is 1. The molecule has 1 aromatic carbocycles. The topological polar surface area (TPSA) is 83.6 Å². The van der Waals surface area contributed by atoms with Crippen molar-refractivity contribution in [3.05, 3.63) is 35.9 Å². The van der Waals surface area contributed by atoms with Crippen LogP contribution in [0.3, 0.4) is 0 Å². The predicted molar refractivity (Wildman–Crippen MR) is 77.0 cm³/mol. The van der Waals surface area contributed by atoms with Crippen molar-refractivity contribution in [3.63, 3.8) is 0 Å². The zero-order valence-electron chi connectivity index (χ0n) is 12.0. The van der Waals surface area contributed by atoms with Gasteiger partial charge in [-0.3, -0.25) is 9.59 Å². The second-order valence-electron chi connectivity index (χ2n) is 5.08. The highest BCUT2D eigenvalue weighted by Gasteiger charge is 2.23. The summed E-state index contributed by atoms with van der Waals surface area (Å²) in [7, 11) is 0. The Morgan fingerprint density at radius 2 is 1.85 bits per heavy atom. The zero-order valence-corrected chi connectivity index (χ0v) is 12.0. The van der Waals surface area contributed by atoms with Crippen molar-refractivity contribution < 1.29 is 14.7 Å². The summed E-state index contributed by atoms with van der Waals surface area (Å²) in [5, 5.41) is 8.65. The van der Waals surface area contributed by atoms with E-state index in [1.54, 1.807) is 4.90 Å². The molecule has 1 amide bonds. The van der Waals surface area contributed by atoms with Gasteiger partial charge in [0.1, 0.15) is 0 Å². The van der Waals surface area contributed by atoms with Gasteiger partial charge in [0.2, 0.25) is 5.91 Å². The van der Waals surface area contributed by atoms with Gasteiger partial charge >= 0.3 is 5.97 Å². The van der Waals surface area contributed by atoms with Gasteiger partial charge in [-0.25, -0.2) is 0 Å². The lowest BCUT2D eigenvalue weighted by Gasteiger charge is -2.29. The molecule has 5 heteroatoms. The molecule has 1 aromatic rings. The van der Waals surface area contributed by atoms with Gasteiger partial charge in [0.15, 0.2) is 0 Å². The van der Waals surface area contributed by atoms with Crippen LogP contribution in [0.15, 0.2) is 30.3 Å². The van der Waals surface area contributed by atoms with Gasteiger partial charge in [0.25, 0.3) is 0 Å². The molecule has 3 N–H and O–H groups in total. The SMILES string of the molecule is CC(C)N(Cc1ccccc1)C(=O)C(N)CCC(=O)O. The van der Waals surface area contributed by atoms with Crippen molar-refractivity contribution >= 4 is 11.9 Å². The van der Waals surface area contributed by atoms with E-state index < -0.39 is 12.0 Å². The van der Waals surface area contributed by atoms with E-state index in [-0.39, 0.29) is 24.8 Å². The van der Waals surface area contributed by atoms with Crippen molar-refractivity contribution in [2.45, 2.75) is 45.3 Å². The van der Waals surface area contributed by atoms with E-state index >= 15 is 0 Å². The molecular weight excluding hydrogens is 256 g/mol. The number of rotatable bonds is 7. The van der Waals surface area contributed by atoms with E-state index in [0.717, 1.165) is 5.56 Å². The normalized spacial score (nSPS) is 12.2. The van der Waals surface area contributed by atoms with Gasteiger partial charge in [0, 0.05) is 19.0 Å². The first kappa shape index (κ1) is 16.2. The average Bonchev–Trinajstić information content (AvgIpc) is 2.42. The lowest BCUT2D eigenvalue weighted by molar-refractivity contribution is -0.138. The molecule has 1 unspecified atom stereocenters. The summed E-state index contributed by atoms with van der Waals surface area (Å²) >= 11 is 0. The van der Waals surface area contributed by atoms with E-state index in [2.05, 4.69) is 0 Å². The first-order valence-corrected chi connectivity index (χ1v) is 6.73. The van der Waals surface area contributed by atoms with E-state index in [4.69, 9.17) is 10.8 Å². The van der Waals surface area contributed by atoms with Gasteiger partial charge in [-0.15, -0.1) is 0 Å². The number of nitrogens with zero attached hydrogens (tertiary/aromatic N) is 1. The maximum absolute atomic E-state index is 12.3. The molecule has 0 aliphatic carbocycles. The van der Waals surface area contributed by atoms with E-state index in [1.807, 2.05) is 44.2 Å². The van der Waals surface area contributed by atoms with Crippen LogP contribution in [0.5, 0.6) is 0 Å². The highest BCUT2D eigenvalue weighted by molar-refractivity contribution is 5.82. The van der Waals surface area contributed by atoms with Crippen LogP contribution in [0.4, 0.5) is 0 Å². The summed E-state index contributed by atoms with van der Waals surface area (Å²) in [4.78, 5) is 24.5. The molecule has 0 saturated carbocycles. The van der Waals surface area contributed by atoms with Gasteiger partial charge in [-0.05, 0) is 25.8 Å². The summed E-state index contributed by atoms with van der Waals surface area (Å²) in [6.07, 6.45) is 0.0658. The Kier molecular flexibility index (Phi) is 6.18. The third kappa shape index (κ3) is 5.01. The number of hydrogen-bond donors (Lipinski definition) is 2. The average molecular weight is 278 g/mol. The van der Waals surface area contributed by atoms with Crippen LogP contribution >= 0.6 is 0 Å². The van der Waals surface area contributed by atoms with E-state index in [9.17, 15) is 9.59 Å². The van der Waals surface area contributed by atoms with Crippen LogP contribution in [0.2, 0.25) is 0 Å². The zero-order chi connectivity index (χ0) is 15.1. The maximum atomic E-state index is 12.3. The van der Waals surface area contributed by atoms with Crippen LogP contribution in [-0.2, 0) is 16.1 Å². The molecule has 0 spiro atoms. The molecule has 0 radical (unpaired) electrons. The standard InChI is InChI=1S/C15H22N2O3/c1-11(2)17(10-12-6-4-3-5-7-12)15(20)13(16)8-9-14(18)19/h3-7,11,13H,8-10,16H2,1-2H3,(H,18,19).